The number of rotatable bonds is 3. The van der Waals surface area contributed by atoms with E-state index in [0.717, 1.165) is 0 Å². The first-order valence-electron chi connectivity index (χ1n) is 3.73. The van der Waals surface area contributed by atoms with Gasteiger partial charge in [-0.05, 0) is 0 Å². The first-order chi connectivity index (χ1) is 6.69. The summed E-state index contributed by atoms with van der Waals surface area (Å²) in [6, 6.07) is 0. The first kappa shape index (κ1) is 10.4. The molecule has 1 amide bonds. The predicted octanol–water partition coefficient (Wildman–Crippen LogP) is -0.676. The molecule has 0 bridgehead atoms. The third kappa shape index (κ3) is 2.15. The fraction of sp³-hybridized carbons (Fsp3) is 0.286. The Morgan fingerprint density at radius 2 is 2.50 bits per heavy atom. The molecule has 0 unspecified atom stereocenters. The van der Waals surface area contributed by atoms with Crippen molar-refractivity contribution < 1.29 is 14.7 Å². The van der Waals surface area contributed by atoms with Crippen LogP contribution in [-0.2, 0) is 11.3 Å². The zero-order valence-corrected chi connectivity index (χ0v) is 7.52. The second kappa shape index (κ2) is 4.49. The SMILES string of the molecule is COCc1ncc(C(=O)NO)c(N)n1. The van der Waals surface area contributed by atoms with Crippen molar-refractivity contribution in [3.8, 4) is 0 Å². The summed E-state index contributed by atoms with van der Waals surface area (Å²) in [7, 11) is 1.49. The van der Waals surface area contributed by atoms with Crippen LogP contribution in [-0.4, -0.2) is 28.2 Å². The lowest BCUT2D eigenvalue weighted by Crippen LogP contribution is -2.21. The Kier molecular flexibility index (Phi) is 3.32. The largest absolute Gasteiger partial charge is 0.383 e. The zero-order chi connectivity index (χ0) is 10.6. The molecule has 0 aliphatic rings. The van der Waals surface area contributed by atoms with E-state index >= 15 is 0 Å². The number of hydrogen-bond acceptors (Lipinski definition) is 6. The van der Waals surface area contributed by atoms with Crippen LogP contribution in [0, 0.1) is 0 Å². The van der Waals surface area contributed by atoms with E-state index in [0.29, 0.717) is 5.82 Å². The van der Waals surface area contributed by atoms with Crippen LogP contribution in [0.15, 0.2) is 6.20 Å². The maximum Gasteiger partial charge on any atom is 0.279 e. The second-order valence-corrected chi connectivity index (χ2v) is 2.46. The van der Waals surface area contributed by atoms with Crippen molar-refractivity contribution in [3.05, 3.63) is 17.6 Å². The molecule has 7 heteroatoms. The van der Waals surface area contributed by atoms with Crippen LogP contribution in [0.4, 0.5) is 5.82 Å². The Balaban J connectivity index is 2.95. The van der Waals surface area contributed by atoms with Gasteiger partial charge >= 0.3 is 0 Å². The Morgan fingerprint density at radius 3 is 3.00 bits per heavy atom. The third-order valence-electron chi connectivity index (χ3n) is 1.49. The van der Waals surface area contributed by atoms with E-state index in [4.69, 9.17) is 15.7 Å². The van der Waals surface area contributed by atoms with Gasteiger partial charge in [-0.3, -0.25) is 10.0 Å². The normalized spacial score (nSPS) is 9.86. The van der Waals surface area contributed by atoms with Crippen LogP contribution < -0.4 is 11.2 Å². The molecule has 7 nitrogen and oxygen atoms in total. The maximum absolute atomic E-state index is 11.0. The molecule has 1 aromatic heterocycles. The Bertz CT molecular complexity index is 342. The number of methoxy groups -OCH3 is 1. The van der Waals surface area contributed by atoms with Crippen molar-refractivity contribution in [2.45, 2.75) is 6.61 Å². The average Bonchev–Trinajstić information content (AvgIpc) is 2.17. The maximum atomic E-state index is 11.0. The molecule has 0 fully saturated rings. The number of amides is 1. The number of ether oxygens (including phenoxy) is 1. The van der Waals surface area contributed by atoms with E-state index in [1.54, 1.807) is 0 Å². The number of hydroxylamine groups is 1. The van der Waals surface area contributed by atoms with Crippen molar-refractivity contribution in [1.82, 2.24) is 15.4 Å². The van der Waals surface area contributed by atoms with E-state index < -0.39 is 5.91 Å². The van der Waals surface area contributed by atoms with E-state index in [2.05, 4.69) is 9.97 Å². The summed E-state index contributed by atoms with van der Waals surface area (Å²) >= 11 is 0. The Morgan fingerprint density at radius 1 is 1.79 bits per heavy atom. The van der Waals surface area contributed by atoms with E-state index in [1.165, 1.54) is 18.8 Å². The number of carbonyl (C=O) groups is 1. The third-order valence-corrected chi connectivity index (χ3v) is 1.49. The minimum Gasteiger partial charge on any atom is -0.383 e. The number of carbonyl (C=O) groups excluding carboxylic acids is 1. The lowest BCUT2D eigenvalue weighted by atomic mass is 10.3. The lowest BCUT2D eigenvalue weighted by molar-refractivity contribution is 0.0706. The molecule has 0 aliphatic heterocycles. The number of anilines is 1. The molecule has 14 heavy (non-hydrogen) atoms. The molecule has 0 atom stereocenters. The van der Waals surface area contributed by atoms with Crippen LogP contribution in [0.3, 0.4) is 0 Å². The second-order valence-electron chi connectivity index (χ2n) is 2.46. The van der Waals surface area contributed by atoms with Gasteiger partial charge in [0.15, 0.2) is 5.82 Å². The number of aromatic nitrogens is 2. The minimum absolute atomic E-state index is 0.00130. The van der Waals surface area contributed by atoms with E-state index in [-0.39, 0.29) is 18.0 Å². The van der Waals surface area contributed by atoms with Gasteiger partial charge in [-0.25, -0.2) is 15.4 Å². The summed E-state index contributed by atoms with van der Waals surface area (Å²) in [6.07, 6.45) is 1.22. The zero-order valence-electron chi connectivity index (χ0n) is 7.52. The van der Waals surface area contributed by atoms with Crippen LogP contribution in [0.1, 0.15) is 16.2 Å². The first-order valence-corrected chi connectivity index (χ1v) is 3.73. The summed E-state index contributed by atoms with van der Waals surface area (Å²) in [5.74, 6) is -0.371. The van der Waals surface area contributed by atoms with Crippen molar-refractivity contribution in [2.24, 2.45) is 0 Å². The van der Waals surface area contributed by atoms with Crippen molar-refractivity contribution in [2.75, 3.05) is 12.8 Å². The molecular weight excluding hydrogens is 188 g/mol. The fourth-order valence-corrected chi connectivity index (χ4v) is 0.867. The van der Waals surface area contributed by atoms with Gasteiger partial charge in [-0.1, -0.05) is 0 Å². The van der Waals surface area contributed by atoms with Gasteiger partial charge in [0, 0.05) is 13.3 Å². The molecule has 4 N–H and O–H groups in total. The van der Waals surface area contributed by atoms with Gasteiger partial charge in [0.2, 0.25) is 0 Å². The highest BCUT2D eigenvalue weighted by molar-refractivity contribution is 5.97. The molecule has 0 spiro atoms. The van der Waals surface area contributed by atoms with Crippen LogP contribution >= 0.6 is 0 Å². The van der Waals surface area contributed by atoms with Gasteiger partial charge in [-0.15, -0.1) is 0 Å². The van der Waals surface area contributed by atoms with E-state index in [9.17, 15) is 4.79 Å². The summed E-state index contributed by atoms with van der Waals surface area (Å²) in [6.45, 7) is 0.214. The minimum atomic E-state index is -0.744. The highest BCUT2D eigenvalue weighted by Crippen LogP contribution is 2.07. The van der Waals surface area contributed by atoms with Gasteiger partial charge in [0.25, 0.3) is 5.91 Å². The molecule has 0 radical (unpaired) electrons. The highest BCUT2D eigenvalue weighted by Gasteiger charge is 2.11. The molecule has 1 aromatic rings. The summed E-state index contributed by atoms with van der Waals surface area (Å²) in [4.78, 5) is 18.6. The fourth-order valence-electron chi connectivity index (χ4n) is 0.867. The van der Waals surface area contributed by atoms with Crippen LogP contribution in [0.5, 0.6) is 0 Å². The summed E-state index contributed by atoms with van der Waals surface area (Å²) in [5.41, 5.74) is 6.91. The van der Waals surface area contributed by atoms with Crippen molar-refractivity contribution in [1.29, 1.82) is 0 Å². The van der Waals surface area contributed by atoms with E-state index in [1.807, 2.05) is 0 Å². The molecule has 1 rings (SSSR count). The molecule has 76 valence electrons. The van der Waals surface area contributed by atoms with Gasteiger partial charge in [0.1, 0.15) is 18.0 Å². The Hall–Kier alpha value is -1.73. The van der Waals surface area contributed by atoms with Crippen molar-refractivity contribution in [3.63, 3.8) is 0 Å². The lowest BCUT2D eigenvalue weighted by Gasteiger charge is -2.03. The number of hydrogen-bond donors (Lipinski definition) is 3. The standard InChI is InChI=1S/C7H10N4O3/c1-14-3-5-9-2-4(6(8)10-5)7(12)11-13/h2,13H,3H2,1H3,(H,11,12)(H2,8,9,10). The average molecular weight is 198 g/mol. The van der Waals surface area contributed by atoms with Crippen LogP contribution in [0.2, 0.25) is 0 Å². The van der Waals surface area contributed by atoms with Gasteiger partial charge < -0.3 is 10.5 Å². The topological polar surface area (TPSA) is 110 Å². The quantitative estimate of drug-likeness (QED) is 0.438. The smallest absolute Gasteiger partial charge is 0.279 e. The van der Waals surface area contributed by atoms with Crippen LogP contribution in [0.25, 0.3) is 0 Å². The van der Waals surface area contributed by atoms with Crippen molar-refractivity contribution >= 4 is 11.7 Å². The van der Waals surface area contributed by atoms with Gasteiger partial charge in [0.05, 0.1) is 0 Å². The molecule has 0 saturated heterocycles. The molecular formula is C7H10N4O3. The number of nitrogens with zero attached hydrogens (tertiary/aromatic N) is 2. The summed E-state index contributed by atoms with van der Waals surface area (Å²) in [5, 5.41) is 8.35. The molecule has 0 aliphatic carbocycles. The summed E-state index contributed by atoms with van der Waals surface area (Å²) < 4.78 is 4.78. The molecule has 1 heterocycles. The molecule has 0 aromatic carbocycles. The Labute approximate surface area is 79.9 Å². The number of nitrogens with one attached hydrogen (secondary N) is 1. The molecule has 0 saturated carbocycles. The number of nitrogen functional groups attached to an aromatic ring is 1. The highest BCUT2D eigenvalue weighted by atomic mass is 16.5. The number of nitrogens with two attached hydrogens (primary N) is 1. The predicted molar refractivity (Wildman–Crippen MR) is 46.4 cm³/mol. The monoisotopic (exact) mass is 198 g/mol. The van der Waals surface area contributed by atoms with Gasteiger partial charge in [-0.2, -0.15) is 0 Å².